The lowest BCUT2D eigenvalue weighted by Crippen LogP contribution is -2.32. The van der Waals surface area contributed by atoms with Crippen molar-refractivity contribution in [2.24, 2.45) is 5.41 Å². The van der Waals surface area contributed by atoms with Crippen molar-refractivity contribution in [2.75, 3.05) is 0 Å². The standard InChI is InChI=1S/C9H18O/c1-7(2,3)9(6)8(4,5)10-9/h1-6H3. The molecule has 1 unspecified atom stereocenters. The Labute approximate surface area is 63.8 Å². The molecule has 1 aliphatic rings. The Morgan fingerprint density at radius 1 is 1.00 bits per heavy atom. The average Bonchev–Trinajstić information content (AvgIpc) is 2.05. The van der Waals surface area contributed by atoms with Crippen LogP contribution in [0.4, 0.5) is 0 Å². The van der Waals surface area contributed by atoms with Gasteiger partial charge in [0.05, 0.1) is 11.2 Å². The molecule has 0 aromatic rings. The Morgan fingerprint density at radius 2 is 1.30 bits per heavy atom. The summed E-state index contributed by atoms with van der Waals surface area (Å²) in [6.07, 6.45) is 0. The first kappa shape index (κ1) is 8.06. The number of epoxide rings is 1. The topological polar surface area (TPSA) is 12.5 Å². The van der Waals surface area contributed by atoms with Gasteiger partial charge in [-0.1, -0.05) is 20.8 Å². The van der Waals surface area contributed by atoms with Crippen LogP contribution in [0.2, 0.25) is 0 Å². The largest absolute Gasteiger partial charge is 0.363 e. The Bertz CT molecular complexity index is 153. The van der Waals surface area contributed by atoms with E-state index < -0.39 is 0 Å². The van der Waals surface area contributed by atoms with E-state index in [0.717, 1.165) is 0 Å². The van der Waals surface area contributed by atoms with Crippen molar-refractivity contribution in [3.63, 3.8) is 0 Å². The molecule has 1 nitrogen and oxygen atoms in total. The van der Waals surface area contributed by atoms with Gasteiger partial charge < -0.3 is 4.74 Å². The molecule has 1 rings (SSSR count). The molecule has 1 aliphatic heterocycles. The van der Waals surface area contributed by atoms with Gasteiger partial charge in [-0.2, -0.15) is 0 Å². The van der Waals surface area contributed by atoms with E-state index in [1.807, 2.05) is 0 Å². The Hall–Kier alpha value is -0.0400. The van der Waals surface area contributed by atoms with Gasteiger partial charge in [-0.15, -0.1) is 0 Å². The lowest BCUT2D eigenvalue weighted by molar-refractivity contribution is 0.171. The van der Waals surface area contributed by atoms with Crippen LogP contribution in [0.5, 0.6) is 0 Å². The van der Waals surface area contributed by atoms with E-state index in [-0.39, 0.29) is 16.6 Å². The van der Waals surface area contributed by atoms with Crippen LogP contribution < -0.4 is 0 Å². The molecule has 0 saturated carbocycles. The zero-order valence-electron chi connectivity index (χ0n) is 7.91. The van der Waals surface area contributed by atoms with E-state index in [9.17, 15) is 0 Å². The van der Waals surface area contributed by atoms with Crippen molar-refractivity contribution >= 4 is 0 Å². The van der Waals surface area contributed by atoms with Crippen LogP contribution in [-0.4, -0.2) is 11.2 Å². The lowest BCUT2D eigenvalue weighted by atomic mass is 9.75. The van der Waals surface area contributed by atoms with Gasteiger partial charge in [0.15, 0.2) is 0 Å². The Balaban J connectivity index is 2.78. The van der Waals surface area contributed by atoms with Crippen LogP contribution in [0.3, 0.4) is 0 Å². The summed E-state index contributed by atoms with van der Waals surface area (Å²) in [6.45, 7) is 13.2. The van der Waals surface area contributed by atoms with Gasteiger partial charge in [0.2, 0.25) is 0 Å². The van der Waals surface area contributed by atoms with Crippen LogP contribution in [0.1, 0.15) is 41.5 Å². The summed E-state index contributed by atoms with van der Waals surface area (Å²) in [4.78, 5) is 0. The normalized spacial score (nSPS) is 37.8. The molecule has 0 spiro atoms. The molecule has 0 amide bonds. The third-order valence-electron chi connectivity index (χ3n) is 3.00. The molecule has 1 saturated heterocycles. The van der Waals surface area contributed by atoms with Crippen LogP contribution in [0.15, 0.2) is 0 Å². The van der Waals surface area contributed by atoms with Crippen molar-refractivity contribution in [1.82, 2.24) is 0 Å². The summed E-state index contributed by atoms with van der Waals surface area (Å²) in [5, 5.41) is 0. The van der Waals surface area contributed by atoms with Gasteiger partial charge in [-0.05, 0) is 26.2 Å². The van der Waals surface area contributed by atoms with Gasteiger partial charge in [0.1, 0.15) is 0 Å². The summed E-state index contributed by atoms with van der Waals surface area (Å²) >= 11 is 0. The molecule has 0 aromatic carbocycles. The highest BCUT2D eigenvalue weighted by Gasteiger charge is 2.65. The third kappa shape index (κ3) is 0.800. The van der Waals surface area contributed by atoms with E-state index in [2.05, 4.69) is 41.5 Å². The van der Waals surface area contributed by atoms with Gasteiger partial charge in [-0.25, -0.2) is 0 Å². The summed E-state index contributed by atoms with van der Waals surface area (Å²) in [5.41, 5.74) is 0.432. The quantitative estimate of drug-likeness (QED) is 0.474. The number of hydrogen-bond donors (Lipinski definition) is 0. The fourth-order valence-electron chi connectivity index (χ4n) is 1.54. The van der Waals surface area contributed by atoms with Gasteiger partial charge in [0.25, 0.3) is 0 Å². The highest BCUT2D eigenvalue weighted by atomic mass is 16.6. The highest BCUT2D eigenvalue weighted by molar-refractivity contribution is 5.13. The van der Waals surface area contributed by atoms with Crippen LogP contribution in [-0.2, 0) is 4.74 Å². The van der Waals surface area contributed by atoms with Crippen molar-refractivity contribution in [3.05, 3.63) is 0 Å². The average molecular weight is 142 g/mol. The molecule has 1 fully saturated rings. The van der Waals surface area contributed by atoms with E-state index in [1.54, 1.807) is 0 Å². The number of ether oxygens (including phenoxy) is 1. The molecule has 0 aliphatic carbocycles. The Morgan fingerprint density at radius 3 is 1.30 bits per heavy atom. The minimum Gasteiger partial charge on any atom is -0.363 e. The minimum atomic E-state index is 0.0833. The van der Waals surface area contributed by atoms with Crippen molar-refractivity contribution < 1.29 is 4.74 Å². The smallest absolute Gasteiger partial charge is 0.0994 e. The highest BCUT2D eigenvalue weighted by Crippen LogP contribution is 2.57. The van der Waals surface area contributed by atoms with E-state index in [0.29, 0.717) is 0 Å². The van der Waals surface area contributed by atoms with Crippen molar-refractivity contribution in [2.45, 2.75) is 52.7 Å². The predicted octanol–water partition coefficient (Wildman–Crippen LogP) is 2.60. The second kappa shape index (κ2) is 1.58. The van der Waals surface area contributed by atoms with Gasteiger partial charge >= 0.3 is 0 Å². The molecule has 1 atom stereocenters. The first-order valence-electron chi connectivity index (χ1n) is 3.91. The molecule has 1 heterocycles. The summed E-state index contributed by atoms with van der Waals surface area (Å²) in [7, 11) is 0. The number of hydrogen-bond acceptors (Lipinski definition) is 1. The van der Waals surface area contributed by atoms with E-state index >= 15 is 0 Å². The fourth-order valence-corrected chi connectivity index (χ4v) is 1.54. The van der Waals surface area contributed by atoms with Crippen LogP contribution in [0.25, 0.3) is 0 Å². The molecular formula is C9H18O. The Kier molecular flexibility index (Phi) is 1.27. The van der Waals surface area contributed by atoms with Crippen molar-refractivity contribution in [3.8, 4) is 0 Å². The second-order valence-electron chi connectivity index (χ2n) is 4.90. The van der Waals surface area contributed by atoms with Crippen LogP contribution >= 0.6 is 0 Å². The zero-order valence-corrected chi connectivity index (χ0v) is 7.91. The third-order valence-corrected chi connectivity index (χ3v) is 3.00. The molecule has 1 heteroatoms. The molecular weight excluding hydrogens is 124 g/mol. The number of rotatable bonds is 0. The summed E-state index contributed by atoms with van der Waals surface area (Å²) < 4.78 is 5.66. The maximum atomic E-state index is 5.66. The van der Waals surface area contributed by atoms with Gasteiger partial charge in [-0.3, -0.25) is 0 Å². The fraction of sp³-hybridized carbons (Fsp3) is 1.00. The maximum Gasteiger partial charge on any atom is 0.0994 e. The first-order valence-corrected chi connectivity index (χ1v) is 3.91. The molecule has 0 bridgehead atoms. The van der Waals surface area contributed by atoms with E-state index in [4.69, 9.17) is 4.74 Å². The monoisotopic (exact) mass is 142 g/mol. The van der Waals surface area contributed by atoms with Crippen LogP contribution in [0, 0.1) is 5.41 Å². The van der Waals surface area contributed by atoms with Crippen molar-refractivity contribution in [1.29, 1.82) is 0 Å². The van der Waals surface area contributed by atoms with Gasteiger partial charge in [0, 0.05) is 0 Å². The lowest BCUT2D eigenvalue weighted by Gasteiger charge is -2.25. The molecule has 60 valence electrons. The SMILES string of the molecule is CC(C)(C)C1(C)OC1(C)C. The first-order chi connectivity index (χ1) is 4.21. The zero-order chi connectivity index (χ0) is 8.21. The second-order valence-corrected chi connectivity index (χ2v) is 4.90. The summed E-state index contributed by atoms with van der Waals surface area (Å²) in [5.74, 6) is 0. The molecule has 10 heavy (non-hydrogen) atoms. The molecule has 0 radical (unpaired) electrons. The predicted molar refractivity (Wildman–Crippen MR) is 43.0 cm³/mol. The molecule has 0 N–H and O–H groups in total. The summed E-state index contributed by atoms with van der Waals surface area (Å²) in [6, 6.07) is 0. The maximum absolute atomic E-state index is 5.66. The van der Waals surface area contributed by atoms with E-state index in [1.165, 1.54) is 0 Å². The minimum absolute atomic E-state index is 0.0833. The molecule has 0 aromatic heterocycles.